The van der Waals surface area contributed by atoms with Gasteiger partial charge in [-0.1, -0.05) is 29.8 Å². The van der Waals surface area contributed by atoms with Crippen LogP contribution in [0.1, 0.15) is 17.5 Å². The summed E-state index contributed by atoms with van der Waals surface area (Å²) in [6.45, 7) is 3.36. The van der Waals surface area contributed by atoms with E-state index in [9.17, 15) is 4.79 Å². The van der Waals surface area contributed by atoms with Gasteiger partial charge in [0.2, 0.25) is 5.91 Å². The molecule has 1 atom stereocenters. The highest BCUT2D eigenvalue weighted by molar-refractivity contribution is 5.79. The Morgan fingerprint density at radius 2 is 2.14 bits per heavy atom. The maximum atomic E-state index is 12.4. The van der Waals surface area contributed by atoms with Gasteiger partial charge in [0.1, 0.15) is 6.10 Å². The first kappa shape index (κ1) is 14.5. The summed E-state index contributed by atoms with van der Waals surface area (Å²) >= 11 is 0. The predicted molar refractivity (Wildman–Crippen MR) is 82.5 cm³/mol. The molecule has 1 aliphatic heterocycles. The Morgan fingerprint density at radius 1 is 1.32 bits per heavy atom. The first-order valence-corrected chi connectivity index (χ1v) is 7.48. The van der Waals surface area contributed by atoms with Crippen molar-refractivity contribution in [1.82, 2.24) is 14.9 Å². The lowest BCUT2D eigenvalue weighted by atomic mass is 10.1. The largest absolute Gasteiger partial charge is 0.458 e. The summed E-state index contributed by atoms with van der Waals surface area (Å²) in [7, 11) is 0. The van der Waals surface area contributed by atoms with E-state index < -0.39 is 0 Å². The lowest BCUT2D eigenvalue weighted by Crippen LogP contribution is -2.32. The van der Waals surface area contributed by atoms with Crippen LogP contribution >= 0.6 is 0 Å². The molecule has 22 heavy (non-hydrogen) atoms. The Balaban J connectivity index is 1.55. The Morgan fingerprint density at radius 3 is 2.91 bits per heavy atom. The molecule has 2 aromatic rings. The minimum atomic E-state index is -0.0242. The van der Waals surface area contributed by atoms with Crippen LogP contribution in [0.15, 0.2) is 42.7 Å². The van der Waals surface area contributed by atoms with E-state index in [1.165, 1.54) is 5.56 Å². The van der Waals surface area contributed by atoms with Gasteiger partial charge >= 0.3 is 6.01 Å². The van der Waals surface area contributed by atoms with Crippen LogP contribution in [0.25, 0.3) is 0 Å². The Hall–Kier alpha value is -2.43. The van der Waals surface area contributed by atoms with E-state index in [1.54, 1.807) is 18.5 Å². The number of hydrogen-bond acceptors (Lipinski definition) is 4. The van der Waals surface area contributed by atoms with E-state index in [4.69, 9.17) is 4.74 Å². The summed E-state index contributed by atoms with van der Waals surface area (Å²) in [5, 5.41) is 0. The number of hydrogen-bond donors (Lipinski definition) is 0. The molecule has 114 valence electrons. The summed E-state index contributed by atoms with van der Waals surface area (Å²) in [6.07, 6.45) is 4.54. The number of aryl methyl sites for hydroxylation is 1. The van der Waals surface area contributed by atoms with Crippen molar-refractivity contribution in [3.05, 3.63) is 53.9 Å². The second-order valence-electron chi connectivity index (χ2n) is 5.57. The molecule has 0 radical (unpaired) electrons. The number of likely N-dealkylation sites (tertiary alicyclic amines) is 1. The van der Waals surface area contributed by atoms with Crippen LogP contribution in [-0.4, -0.2) is 40.0 Å². The molecule has 0 unspecified atom stereocenters. The monoisotopic (exact) mass is 297 g/mol. The maximum absolute atomic E-state index is 12.4. The molecule has 5 nitrogen and oxygen atoms in total. The molecule has 1 saturated heterocycles. The minimum absolute atomic E-state index is 0.0242. The molecule has 0 saturated carbocycles. The average molecular weight is 297 g/mol. The number of carbonyl (C=O) groups excluding carboxylic acids is 1. The lowest BCUT2D eigenvalue weighted by molar-refractivity contribution is -0.129. The quantitative estimate of drug-likeness (QED) is 0.866. The van der Waals surface area contributed by atoms with E-state index in [0.29, 0.717) is 19.0 Å². The molecule has 0 N–H and O–H groups in total. The number of amides is 1. The highest BCUT2D eigenvalue weighted by Crippen LogP contribution is 2.16. The summed E-state index contributed by atoms with van der Waals surface area (Å²) in [5.41, 5.74) is 2.23. The van der Waals surface area contributed by atoms with Crippen molar-refractivity contribution < 1.29 is 9.53 Å². The van der Waals surface area contributed by atoms with Gasteiger partial charge < -0.3 is 9.64 Å². The van der Waals surface area contributed by atoms with Crippen molar-refractivity contribution >= 4 is 5.91 Å². The molecule has 2 heterocycles. The van der Waals surface area contributed by atoms with Crippen molar-refractivity contribution in [1.29, 1.82) is 0 Å². The first-order chi connectivity index (χ1) is 10.7. The van der Waals surface area contributed by atoms with Gasteiger partial charge in [-0.2, -0.15) is 0 Å². The van der Waals surface area contributed by atoms with Crippen LogP contribution in [-0.2, 0) is 11.2 Å². The maximum Gasteiger partial charge on any atom is 0.316 e. The molecule has 0 spiro atoms. The smallest absolute Gasteiger partial charge is 0.316 e. The zero-order chi connectivity index (χ0) is 15.4. The molecule has 1 fully saturated rings. The zero-order valence-electron chi connectivity index (χ0n) is 12.6. The van der Waals surface area contributed by atoms with Crippen molar-refractivity contribution in [2.75, 3.05) is 13.1 Å². The number of ether oxygens (including phenoxy) is 1. The number of rotatable bonds is 4. The fraction of sp³-hybridized carbons (Fsp3) is 0.353. The molecule has 1 aliphatic rings. The van der Waals surface area contributed by atoms with Crippen LogP contribution in [0.5, 0.6) is 6.01 Å². The molecular formula is C17H19N3O2. The molecule has 1 aromatic heterocycles. The van der Waals surface area contributed by atoms with Gasteiger partial charge in [-0.05, 0) is 18.6 Å². The molecule has 1 aromatic carbocycles. The van der Waals surface area contributed by atoms with Gasteiger partial charge in [-0.3, -0.25) is 4.79 Å². The fourth-order valence-corrected chi connectivity index (χ4v) is 2.65. The average Bonchev–Trinajstić information content (AvgIpc) is 2.97. The predicted octanol–water partition coefficient (Wildman–Crippen LogP) is 2.01. The molecule has 5 heteroatoms. The van der Waals surface area contributed by atoms with Gasteiger partial charge in [0.15, 0.2) is 0 Å². The molecule has 0 aliphatic carbocycles. The van der Waals surface area contributed by atoms with Gasteiger partial charge in [0.05, 0.1) is 13.0 Å². The molecular weight excluding hydrogens is 278 g/mol. The Labute approximate surface area is 130 Å². The zero-order valence-corrected chi connectivity index (χ0v) is 12.6. The summed E-state index contributed by atoms with van der Waals surface area (Å²) < 4.78 is 5.71. The fourth-order valence-electron chi connectivity index (χ4n) is 2.65. The van der Waals surface area contributed by atoms with Crippen LogP contribution in [0.4, 0.5) is 0 Å². The first-order valence-electron chi connectivity index (χ1n) is 7.48. The second kappa shape index (κ2) is 6.56. The summed E-state index contributed by atoms with van der Waals surface area (Å²) in [5.74, 6) is 0.144. The van der Waals surface area contributed by atoms with Crippen molar-refractivity contribution in [2.45, 2.75) is 25.9 Å². The van der Waals surface area contributed by atoms with Crippen LogP contribution < -0.4 is 4.74 Å². The second-order valence-corrected chi connectivity index (χ2v) is 5.57. The topological polar surface area (TPSA) is 55.3 Å². The molecule has 1 amide bonds. The number of aromatic nitrogens is 2. The highest BCUT2D eigenvalue weighted by atomic mass is 16.5. The summed E-state index contributed by atoms with van der Waals surface area (Å²) in [6, 6.07) is 10.2. The standard InChI is InChI=1S/C17H19N3O2/c1-13-4-2-5-14(10-13)11-16(21)20-9-6-15(12-20)22-17-18-7-3-8-19-17/h2-5,7-8,10,15H,6,9,11-12H2,1H3/t15-/m1/s1. The normalized spacial score (nSPS) is 17.5. The molecule has 3 rings (SSSR count). The number of benzene rings is 1. The lowest BCUT2D eigenvalue weighted by Gasteiger charge is -2.16. The van der Waals surface area contributed by atoms with E-state index in [1.807, 2.05) is 30.0 Å². The Kier molecular flexibility index (Phi) is 4.32. The van der Waals surface area contributed by atoms with Crippen molar-refractivity contribution in [2.24, 2.45) is 0 Å². The van der Waals surface area contributed by atoms with Crippen molar-refractivity contribution in [3.63, 3.8) is 0 Å². The van der Waals surface area contributed by atoms with E-state index in [2.05, 4.69) is 16.0 Å². The van der Waals surface area contributed by atoms with E-state index in [0.717, 1.165) is 18.5 Å². The number of nitrogens with zero attached hydrogens (tertiary/aromatic N) is 3. The third-order valence-corrected chi connectivity index (χ3v) is 3.75. The van der Waals surface area contributed by atoms with Crippen molar-refractivity contribution in [3.8, 4) is 6.01 Å². The summed E-state index contributed by atoms with van der Waals surface area (Å²) in [4.78, 5) is 22.3. The van der Waals surface area contributed by atoms with Crippen LogP contribution in [0.2, 0.25) is 0 Å². The highest BCUT2D eigenvalue weighted by Gasteiger charge is 2.28. The van der Waals surface area contributed by atoms with Gasteiger partial charge in [0, 0.05) is 25.4 Å². The van der Waals surface area contributed by atoms with E-state index >= 15 is 0 Å². The van der Waals surface area contributed by atoms with E-state index in [-0.39, 0.29) is 12.0 Å². The van der Waals surface area contributed by atoms with Gasteiger partial charge in [-0.25, -0.2) is 9.97 Å². The number of carbonyl (C=O) groups is 1. The third kappa shape index (κ3) is 3.61. The SMILES string of the molecule is Cc1cccc(CC(=O)N2CC[C@@H](Oc3ncccn3)C2)c1. The van der Waals surface area contributed by atoms with Crippen LogP contribution in [0.3, 0.4) is 0 Å². The third-order valence-electron chi connectivity index (χ3n) is 3.75. The molecule has 0 bridgehead atoms. The van der Waals surface area contributed by atoms with Gasteiger partial charge in [-0.15, -0.1) is 0 Å². The Bertz CT molecular complexity index is 645. The van der Waals surface area contributed by atoms with Crippen LogP contribution in [0, 0.1) is 6.92 Å². The van der Waals surface area contributed by atoms with Gasteiger partial charge in [0.25, 0.3) is 0 Å². The minimum Gasteiger partial charge on any atom is -0.458 e.